The summed E-state index contributed by atoms with van der Waals surface area (Å²) in [6, 6.07) is 14.4. The van der Waals surface area contributed by atoms with E-state index in [2.05, 4.69) is 63.3 Å². The highest BCUT2D eigenvalue weighted by Crippen LogP contribution is 2.26. The highest BCUT2D eigenvalue weighted by Gasteiger charge is 2.11. The molecular formula is C20H23N5. The number of hydrogen-bond donors (Lipinski definition) is 1. The third-order valence-electron chi connectivity index (χ3n) is 3.95. The predicted molar refractivity (Wildman–Crippen MR) is 102 cm³/mol. The molecule has 0 unspecified atom stereocenters. The van der Waals surface area contributed by atoms with Crippen LogP contribution in [0, 0.1) is 13.8 Å². The molecule has 5 heteroatoms. The van der Waals surface area contributed by atoms with Gasteiger partial charge in [-0.3, -0.25) is 4.98 Å². The third kappa shape index (κ3) is 4.32. The van der Waals surface area contributed by atoms with Crippen LogP contribution in [0.4, 0.5) is 17.3 Å². The number of hydrogen-bond acceptors (Lipinski definition) is 5. The van der Waals surface area contributed by atoms with Gasteiger partial charge in [0, 0.05) is 37.2 Å². The number of nitrogens with zero attached hydrogens (tertiary/aromatic N) is 4. The Labute approximate surface area is 148 Å². The molecule has 0 saturated carbocycles. The van der Waals surface area contributed by atoms with Gasteiger partial charge >= 0.3 is 0 Å². The maximum Gasteiger partial charge on any atom is 0.138 e. The number of aryl methyl sites for hydroxylation is 2. The Morgan fingerprint density at radius 3 is 2.52 bits per heavy atom. The van der Waals surface area contributed by atoms with Crippen LogP contribution in [0.3, 0.4) is 0 Å². The molecule has 128 valence electrons. The molecule has 1 aromatic carbocycles. The Bertz CT molecular complexity index is 832. The summed E-state index contributed by atoms with van der Waals surface area (Å²) in [5.41, 5.74) is 3.54. The molecule has 0 aliphatic carbocycles. The molecule has 0 spiro atoms. The molecule has 0 amide bonds. The Hall–Kier alpha value is -2.95. The molecule has 5 nitrogen and oxygen atoms in total. The minimum absolute atomic E-state index is 0.703. The summed E-state index contributed by atoms with van der Waals surface area (Å²) in [6.07, 6.45) is 3.59. The van der Waals surface area contributed by atoms with Gasteiger partial charge in [0.1, 0.15) is 17.5 Å². The number of nitrogens with one attached hydrogen (secondary N) is 1. The predicted octanol–water partition coefficient (Wildman–Crippen LogP) is 4.26. The largest absolute Gasteiger partial charge is 0.366 e. The fourth-order valence-electron chi connectivity index (χ4n) is 2.75. The second kappa shape index (κ2) is 7.75. The van der Waals surface area contributed by atoms with E-state index in [1.54, 1.807) is 12.4 Å². The molecule has 0 bridgehead atoms. The van der Waals surface area contributed by atoms with Crippen LogP contribution in [-0.2, 0) is 6.54 Å². The standard InChI is InChI=1S/C20H23N5/c1-4-25(18-7-5-6-15(2)12-18)20-13-19(23-16(3)24-20)22-14-17-8-10-21-11-9-17/h5-13H,4,14H2,1-3H3,(H,22,23,24). The van der Waals surface area contributed by atoms with Crippen LogP contribution in [-0.4, -0.2) is 21.5 Å². The molecule has 25 heavy (non-hydrogen) atoms. The molecule has 3 aromatic rings. The van der Waals surface area contributed by atoms with E-state index in [-0.39, 0.29) is 0 Å². The van der Waals surface area contributed by atoms with Crippen molar-refractivity contribution in [1.29, 1.82) is 0 Å². The van der Waals surface area contributed by atoms with Crippen LogP contribution >= 0.6 is 0 Å². The van der Waals surface area contributed by atoms with Crippen molar-refractivity contribution in [3.8, 4) is 0 Å². The van der Waals surface area contributed by atoms with E-state index in [4.69, 9.17) is 0 Å². The smallest absolute Gasteiger partial charge is 0.138 e. The van der Waals surface area contributed by atoms with E-state index >= 15 is 0 Å². The first kappa shape index (κ1) is 16.9. The van der Waals surface area contributed by atoms with Gasteiger partial charge in [0.15, 0.2) is 0 Å². The Kier molecular flexibility index (Phi) is 5.23. The molecule has 1 N–H and O–H groups in total. The van der Waals surface area contributed by atoms with Gasteiger partial charge < -0.3 is 10.2 Å². The lowest BCUT2D eigenvalue weighted by molar-refractivity contribution is 0.945. The lowest BCUT2D eigenvalue weighted by Gasteiger charge is -2.23. The summed E-state index contributed by atoms with van der Waals surface area (Å²) in [6.45, 7) is 7.69. The Morgan fingerprint density at radius 1 is 1.00 bits per heavy atom. The molecule has 0 aliphatic rings. The topological polar surface area (TPSA) is 53.9 Å². The zero-order valence-corrected chi connectivity index (χ0v) is 14.9. The fourth-order valence-corrected chi connectivity index (χ4v) is 2.75. The van der Waals surface area contributed by atoms with Crippen LogP contribution in [0.25, 0.3) is 0 Å². The normalized spacial score (nSPS) is 10.5. The monoisotopic (exact) mass is 333 g/mol. The van der Waals surface area contributed by atoms with E-state index in [1.807, 2.05) is 25.1 Å². The molecule has 0 saturated heterocycles. The van der Waals surface area contributed by atoms with Crippen molar-refractivity contribution < 1.29 is 0 Å². The zero-order chi connectivity index (χ0) is 17.6. The fraction of sp³-hybridized carbons (Fsp3) is 0.250. The van der Waals surface area contributed by atoms with Crippen molar-refractivity contribution >= 4 is 17.3 Å². The summed E-state index contributed by atoms with van der Waals surface area (Å²) >= 11 is 0. The van der Waals surface area contributed by atoms with Crippen LogP contribution in [0.2, 0.25) is 0 Å². The average molecular weight is 333 g/mol. The van der Waals surface area contributed by atoms with Crippen molar-refractivity contribution in [1.82, 2.24) is 15.0 Å². The lowest BCUT2D eigenvalue weighted by atomic mass is 10.2. The quantitative estimate of drug-likeness (QED) is 0.730. The molecule has 3 rings (SSSR count). The average Bonchev–Trinajstić information content (AvgIpc) is 2.61. The van der Waals surface area contributed by atoms with Gasteiger partial charge in [-0.15, -0.1) is 0 Å². The lowest BCUT2D eigenvalue weighted by Crippen LogP contribution is -2.18. The third-order valence-corrected chi connectivity index (χ3v) is 3.95. The van der Waals surface area contributed by atoms with Gasteiger partial charge in [-0.25, -0.2) is 9.97 Å². The van der Waals surface area contributed by atoms with Crippen molar-refractivity contribution in [2.24, 2.45) is 0 Å². The number of rotatable bonds is 6. The van der Waals surface area contributed by atoms with Crippen LogP contribution < -0.4 is 10.2 Å². The highest BCUT2D eigenvalue weighted by molar-refractivity contribution is 5.63. The summed E-state index contributed by atoms with van der Waals surface area (Å²) in [7, 11) is 0. The number of pyridine rings is 1. The van der Waals surface area contributed by atoms with Crippen molar-refractivity contribution in [2.75, 3.05) is 16.8 Å². The zero-order valence-electron chi connectivity index (χ0n) is 14.9. The van der Waals surface area contributed by atoms with Crippen molar-refractivity contribution in [3.05, 3.63) is 71.8 Å². The maximum atomic E-state index is 4.63. The summed E-state index contributed by atoms with van der Waals surface area (Å²) in [5.74, 6) is 2.48. The first-order valence-corrected chi connectivity index (χ1v) is 8.48. The SMILES string of the molecule is CCN(c1cccc(C)c1)c1cc(NCc2ccncc2)nc(C)n1. The van der Waals surface area contributed by atoms with E-state index in [9.17, 15) is 0 Å². The summed E-state index contributed by atoms with van der Waals surface area (Å²) in [4.78, 5) is 15.4. The summed E-state index contributed by atoms with van der Waals surface area (Å²) < 4.78 is 0. The minimum atomic E-state index is 0.703. The van der Waals surface area contributed by atoms with Crippen LogP contribution in [0.15, 0.2) is 54.9 Å². The van der Waals surface area contributed by atoms with Crippen molar-refractivity contribution in [3.63, 3.8) is 0 Å². The molecule has 0 aliphatic heterocycles. The van der Waals surface area contributed by atoms with Gasteiger partial charge in [-0.1, -0.05) is 12.1 Å². The van der Waals surface area contributed by atoms with Gasteiger partial charge in [-0.2, -0.15) is 0 Å². The first-order valence-electron chi connectivity index (χ1n) is 8.48. The van der Waals surface area contributed by atoms with Crippen molar-refractivity contribution in [2.45, 2.75) is 27.3 Å². The number of benzene rings is 1. The van der Waals surface area contributed by atoms with Gasteiger partial charge in [-0.05, 0) is 56.2 Å². The van der Waals surface area contributed by atoms with Crippen LogP contribution in [0.5, 0.6) is 0 Å². The second-order valence-corrected chi connectivity index (χ2v) is 5.95. The molecule has 0 atom stereocenters. The van der Waals surface area contributed by atoms with E-state index in [0.717, 1.165) is 29.7 Å². The van der Waals surface area contributed by atoms with E-state index in [0.29, 0.717) is 6.54 Å². The molecule has 2 aromatic heterocycles. The molecular weight excluding hydrogens is 310 g/mol. The summed E-state index contributed by atoms with van der Waals surface area (Å²) in [5, 5.41) is 3.38. The highest BCUT2D eigenvalue weighted by atomic mass is 15.2. The molecule has 2 heterocycles. The Morgan fingerprint density at radius 2 is 1.80 bits per heavy atom. The minimum Gasteiger partial charge on any atom is -0.366 e. The van der Waals surface area contributed by atoms with Crippen LogP contribution in [0.1, 0.15) is 23.9 Å². The van der Waals surface area contributed by atoms with Gasteiger partial charge in [0.25, 0.3) is 0 Å². The molecule has 0 radical (unpaired) electrons. The van der Waals surface area contributed by atoms with Gasteiger partial charge in [0.05, 0.1) is 0 Å². The molecule has 0 fully saturated rings. The Balaban J connectivity index is 1.84. The maximum absolute atomic E-state index is 4.63. The van der Waals surface area contributed by atoms with E-state index < -0.39 is 0 Å². The van der Waals surface area contributed by atoms with Gasteiger partial charge in [0.2, 0.25) is 0 Å². The van der Waals surface area contributed by atoms with E-state index in [1.165, 1.54) is 11.1 Å². The first-order chi connectivity index (χ1) is 12.2. The number of aromatic nitrogens is 3. The number of anilines is 3. The second-order valence-electron chi connectivity index (χ2n) is 5.95.